The van der Waals surface area contributed by atoms with Crippen molar-refractivity contribution >= 4 is 11.7 Å². The molecule has 0 aromatic carbocycles. The number of furan rings is 1. The van der Waals surface area contributed by atoms with Gasteiger partial charge in [0.15, 0.2) is 11.7 Å². The van der Waals surface area contributed by atoms with Crippen LogP contribution in [0.4, 0.5) is 19.0 Å². The highest BCUT2D eigenvalue weighted by molar-refractivity contribution is 5.93. The normalized spacial score (nSPS) is 28.0. The minimum absolute atomic E-state index is 0.0396. The van der Waals surface area contributed by atoms with Gasteiger partial charge >= 0.3 is 6.18 Å². The van der Waals surface area contributed by atoms with Crippen molar-refractivity contribution in [1.29, 1.82) is 0 Å². The Bertz CT molecular complexity index is 846. The Morgan fingerprint density at radius 1 is 1.32 bits per heavy atom. The first-order chi connectivity index (χ1) is 13.2. The van der Waals surface area contributed by atoms with Crippen molar-refractivity contribution in [1.82, 2.24) is 14.7 Å². The fourth-order valence-corrected chi connectivity index (χ4v) is 4.07. The molecule has 0 spiro atoms. The number of piperidine rings is 1. The van der Waals surface area contributed by atoms with Gasteiger partial charge in [0.05, 0.1) is 12.3 Å². The van der Waals surface area contributed by atoms with Crippen LogP contribution >= 0.6 is 0 Å². The second-order valence-corrected chi connectivity index (χ2v) is 7.85. The van der Waals surface area contributed by atoms with Crippen LogP contribution in [-0.4, -0.2) is 39.4 Å². The minimum atomic E-state index is -4.49. The summed E-state index contributed by atoms with van der Waals surface area (Å²) in [5, 5.41) is 7.10. The lowest BCUT2D eigenvalue weighted by molar-refractivity contribution is -0.174. The number of halogens is 3. The van der Waals surface area contributed by atoms with Crippen LogP contribution in [0.5, 0.6) is 0 Å². The summed E-state index contributed by atoms with van der Waals surface area (Å²) in [6, 6.07) is 2.28. The van der Waals surface area contributed by atoms with E-state index < -0.39 is 18.3 Å². The number of rotatable bonds is 2. The third-order valence-electron chi connectivity index (χ3n) is 5.67. The van der Waals surface area contributed by atoms with Crippen LogP contribution in [0, 0.1) is 5.92 Å². The van der Waals surface area contributed by atoms with Crippen LogP contribution in [0.15, 0.2) is 28.9 Å². The van der Waals surface area contributed by atoms with E-state index in [4.69, 9.17) is 4.42 Å². The summed E-state index contributed by atoms with van der Waals surface area (Å²) >= 11 is 0. The minimum Gasteiger partial charge on any atom is -0.467 e. The zero-order valence-corrected chi connectivity index (χ0v) is 15.7. The standard InChI is InChI=1S/C19H23F3N4O2/c1-11-5-6-12(2)25(10-11)18(27)14-9-17-23-13(15-4-3-7-28-15)8-16(19(20,21)22)26(17)24-14/h3-4,7,9,11-13,16,23H,5-6,8,10H2,1-2H3/t11-,12-,13+,16-/m0/s1. The van der Waals surface area contributed by atoms with Crippen molar-refractivity contribution in [3.63, 3.8) is 0 Å². The number of fused-ring (bicyclic) bond motifs is 1. The molecule has 9 heteroatoms. The van der Waals surface area contributed by atoms with Crippen molar-refractivity contribution in [3.8, 4) is 0 Å². The molecule has 1 saturated heterocycles. The summed E-state index contributed by atoms with van der Waals surface area (Å²) in [4.78, 5) is 14.7. The smallest absolute Gasteiger partial charge is 0.410 e. The number of likely N-dealkylation sites (tertiary alicyclic amines) is 1. The SMILES string of the molecule is C[C@H]1CC[C@H](C)N(C(=O)c2cc3n(n2)[C@H](C(F)(F)F)C[C@H](c2ccco2)N3)C1. The number of anilines is 1. The average molecular weight is 396 g/mol. The van der Waals surface area contributed by atoms with E-state index in [1.165, 1.54) is 12.3 Å². The van der Waals surface area contributed by atoms with E-state index in [1.54, 1.807) is 17.0 Å². The molecule has 6 nitrogen and oxygen atoms in total. The summed E-state index contributed by atoms with van der Waals surface area (Å²) in [7, 11) is 0. The maximum Gasteiger partial charge on any atom is 0.410 e. The van der Waals surface area contributed by atoms with Gasteiger partial charge in [-0.15, -0.1) is 0 Å². The molecule has 0 unspecified atom stereocenters. The number of nitrogens with zero attached hydrogens (tertiary/aromatic N) is 3. The third kappa shape index (κ3) is 3.38. The molecule has 0 radical (unpaired) electrons. The summed E-state index contributed by atoms with van der Waals surface area (Å²) in [5.41, 5.74) is 0.0396. The number of nitrogens with one attached hydrogen (secondary N) is 1. The number of aromatic nitrogens is 2. The molecule has 2 aliphatic rings. The van der Waals surface area contributed by atoms with E-state index in [2.05, 4.69) is 17.3 Å². The number of hydrogen-bond donors (Lipinski definition) is 1. The van der Waals surface area contributed by atoms with E-state index in [0.717, 1.165) is 17.5 Å². The lowest BCUT2D eigenvalue weighted by atomic mass is 9.95. The largest absolute Gasteiger partial charge is 0.467 e. The molecule has 1 N–H and O–H groups in total. The average Bonchev–Trinajstić information content (AvgIpc) is 3.30. The lowest BCUT2D eigenvalue weighted by Gasteiger charge is -2.36. The predicted octanol–water partition coefficient (Wildman–Crippen LogP) is 4.40. The third-order valence-corrected chi connectivity index (χ3v) is 5.67. The zero-order chi connectivity index (χ0) is 20.1. The van der Waals surface area contributed by atoms with Gasteiger partial charge in [0.25, 0.3) is 5.91 Å². The van der Waals surface area contributed by atoms with E-state index >= 15 is 0 Å². The molecule has 4 rings (SSSR count). The number of alkyl halides is 3. The molecule has 152 valence electrons. The second kappa shape index (κ2) is 6.86. The maximum absolute atomic E-state index is 13.7. The van der Waals surface area contributed by atoms with Gasteiger partial charge in [-0.25, -0.2) is 4.68 Å². The Balaban J connectivity index is 1.66. The molecular formula is C19H23F3N4O2. The van der Waals surface area contributed by atoms with Gasteiger partial charge in [0.1, 0.15) is 11.6 Å². The quantitative estimate of drug-likeness (QED) is 0.818. The fraction of sp³-hybridized carbons (Fsp3) is 0.579. The number of hydrogen-bond acceptors (Lipinski definition) is 4. The molecule has 4 atom stereocenters. The Hall–Kier alpha value is -2.45. The van der Waals surface area contributed by atoms with Gasteiger partial charge in [-0.1, -0.05) is 6.92 Å². The summed E-state index contributed by atoms with van der Waals surface area (Å²) in [6.45, 7) is 4.62. The molecule has 1 amide bonds. The highest BCUT2D eigenvalue weighted by atomic mass is 19.4. The predicted molar refractivity (Wildman–Crippen MR) is 95.9 cm³/mol. The van der Waals surface area contributed by atoms with Crippen LogP contribution < -0.4 is 5.32 Å². The first-order valence-electron chi connectivity index (χ1n) is 9.51. The molecule has 28 heavy (non-hydrogen) atoms. The number of amides is 1. The molecule has 1 fully saturated rings. The van der Waals surface area contributed by atoms with E-state index in [9.17, 15) is 18.0 Å². The van der Waals surface area contributed by atoms with Crippen molar-refractivity contribution in [2.75, 3.05) is 11.9 Å². The van der Waals surface area contributed by atoms with Gasteiger partial charge < -0.3 is 14.6 Å². The van der Waals surface area contributed by atoms with Crippen LogP contribution in [-0.2, 0) is 0 Å². The number of carbonyl (C=O) groups excluding carboxylic acids is 1. The van der Waals surface area contributed by atoms with Crippen molar-refractivity contribution < 1.29 is 22.4 Å². The first kappa shape index (κ1) is 18.9. The van der Waals surface area contributed by atoms with Crippen LogP contribution in [0.25, 0.3) is 0 Å². The lowest BCUT2D eigenvalue weighted by Crippen LogP contribution is -2.45. The van der Waals surface area contributed by atoms with Crippen LogP contribution in [0.2, 0.25) is 0 Å². The van der Waals surface area contributed by atoms with Gasteiger partial charge in [0, 0.05) is 25.1 Å². The molecule has 2 aromatic rings. The summed E-state index contributed by atoms with van der Waals surface area (Å²) in [5.74, 6) is 0.643. The van der Waals surface area contributed by atoms with Crippen molar-refractivity contribution in [2.45, 2.75) is 57.4 Å². The molecule has 0 aliphatic carbocycles. The Kier molecular flexibility index (Phi) is 4.63. The molecule has 0 saturated carbocycles. The van der Waals surface area contributed by atoms with Crippen molar-refractivity contribution in [3.05, 3.63) is 35.9 Å². The van der Waals surface area contributed by atoms with Crippen LogP contribution in [0.1, 0.15) is 61.4 Å². The van der Waals surface area contributed by atoms with Gasteiger partial charge in [-0.2, -0.15) is 18.3 Å². The molecule has 2 aliphatic heterocycles. The Labute approximate surface area is 160 Å². The Morgan fingerprint density at radius 3 is 2.79 bits per heavy atom. The van der Waals surface area contributed by atoms with Gasteiger partial charge in [0.2, 0.25) is 0 Å². The maximum atomic E-state index is 13.7. The van der Waals surface area contributed by atoms with E-state index in [1.807, 2.05) is 6.92 Å². The highest BCUT2D eigenvalue weighted by Gasteiger charge is 2.47. The van der Waals surface area contributed by atoms with E-state index in [-0.39, 0.29) is 29.9 Å². The van der Waals surface area contributed by atoms with Crippen molar-refractivity contribution in [2.24, 2.45) is 5.92 Å². The molecule has 0 bridgehead atoms. The first-order valence-corrected chi connectivity index (χ1v) is 9.51. The summed E-state index contributed by atoms with van der Waals surface area (Å²) in [6.07, 6.45) is -1.39. The molecule has 2 aromatic heterocycles. The van der Waals surface area contributed by atoms with Crippen LogP contribution in [0.3, 0.4) is 0 Å². The Morgan fingerprint density at radius 2 is 2.11 bits per heavy atom. The van der Waals surface area contributed by atoms with Gasteiger partial charge in [-0.05, 0) is 37.8 Å². The summed E-state index contributed by atoms with van der Waals surface area (Å²) < 4.78 is 47.3. The fourth-order valence-electron chi connectivity index (χ4n) is 4.07. The zero-order valence-electron chi connectivity index (χ0n) is 15.7. The highest BCUT2D eigenvalue weighted by Crippen LogP contribution is 2.43. The van der Waals surface area contributed by atoms with Gasteiger partial charge in [-0.3, -0.25) is 4.79 Å². The topological polar surface area (TPSA) is 63.3 Å². The molecule has 4 heterocycles. The second-order valence-electron chi connectivity index (χ2n) is 7.85. The monoisotopic (exact) mass is 396 g/mol. The molecular weight excluding hydrogens is 373 g/mol. The number of carbonyl (C=O) groups is 1. The van der Waals surface area contributed by atoms with E-state index in [0.29, 0.717) is 18.2 Å².